The van der Waals surface area contributed by atoms with Crippen LogP contribution in [0.15, 0.2) is 0 Å². The molecular formula is C14H21F5O5S. The Morgan fingerprint density at radius 1 is 0.920 bits per heavy atom. The second-order valence-corrected chi connectivity index (χ2v) is 7.64. The van der Waals surface area contributed by atoms with Gasteiger partial charge in [0.15, 0.2) is 0 Å². The van der Waals surface area contributed by atoms with Gasteiger partial charge in [-0.1, -0.05) is 44.9 Å². The minimum absolute atomic E-state index is 0.181. The van der Waals surface area contributed by atoms with Gasteiger partial charge in [-0.25, -0.2) is 0 Å². The summed E-state index contributed by atoms with van der Waals surface area (Å²) in [5.41, 5.74) is 0. The summed E-state index contributed by atoms with van der Waals surface area (Å²) in [4.78, 5) is 12.0. The molecule has 0 aliphatic heterocycles. The van der Waals surface area contributed by atoms with E-state index in [2.05, 4.69) is 4.74 Å². The van der Waals surface area contributed by atoms with Gasteiger partial charge in [0, 0.05) is 0 Å². The smallest absolute Gasteiger partial charge is 0.432 e. The van der Waals surface area contributed by atoms with Crippen LogP contribution >= 0.6 is 0 Å². The van der Waals surface area contributed by atoms with Gasteiger partial charge in [0.1, 0.15) is 0 Å². The third-order valence-electron chi connectivity index (χ3n) is 4.12. The van der Waals surface area contributed by atoms with Gasteiger partial charge in [0.25, 0.3) is 6.10 Å². The summed E-state index contributed by atoms with van der Waals surface area (Å²) < 4.78 is 98.7. The molecule has 5 nitrogen and oxygen atoms in total. The Morgan fingerprint density at radius 3 is 1.68 bits per heavy atom. The maximum Gasteiger partial charge on any atom is 0.432 e. The number of rotatable bonds is 4. The van der Waals surface area contributed by atoms with Gasteiger partial charge in [-0.15, -0.1) is 0 Å². The summed E-state index contributed by atoms with van der Waals surface area (Å²) in [6.45, 7) is 0. The highest BCUT2D eigenvalue weighted by Crippen LogP contribution is 2.39. The van der Waals surface area contributed by atoms with Gasteiger partial charge >= 0.3 is 27.5 Å². The molecule has 0 aromatic carbocycles. The molecular weight excluding hydrogens is 375 g/mol. The van der Waals surface area contributed by atoms with E-state index < -0.39 is 39.5 Å². The van der Waals surface area contributed by atoms with Crippen LogP contribution in [0.1, 0.15) is 57.8 Å². The molecule has 0 aromatic heterocycles. The standard InChI is InChI=1S/C14H21F5O5S/c15-13(16,17)12(14(18,19)25(21,22)23)24-11(20)10-8-6-4-2-1-3-5-7-9-10/h10,12H,1-9H2,(H,21,22,23). The van der Waals surface area contributed by atoms with Crippen molar-refractivity contribution in [1.29, 1.82) is 0 Å². The molecule has 11 heteroatoms. The van der Waals surface area contributed by atoms with Gasteiger partial charge in [-0.3, -0.25) is 9.35 Å². The highest BCUT2D eigenvalue weighted by molar-refractivity contribution is 7.86. The summed E-state index contributed by atoms with van der Waals surface area (Å²) in [6.07, 6.45) is -4.32. The summed E-state index contributed by atoms with van der Waals surface area (Å²) >= 11 is 0. The number of alkyl halides is 5. The van der Waals surface area contributed by atoms with Gasteiger partial charge in [0.2, 0.25) is 0 Å². The van der Waals surface area contributed by atoms with Gasteiger partial charge in [-0.2, -0.15) is 30.4 Å². The topological polar surface area (TPSA) is 80.7 Å². The van der Waals surface area contributed by atoms with Crippen molar-refractivity contribution in [3.05, 3.63) is 0 Å². The molecule has 148 valence electrons. The van der Waals surface area contributed by atoms with Crippen molar-refractivity contribution in [2.24, 2.45) is 5.92 Å². The quantitative estimate of drug-likeness (QED) is 0.440. The Labute approximate surface area is 142 Å². The first kappa shape index (κ1) is 22.1. The molecule has 25 heavy (non-hydrogen) atoms. The van der Waals surface area contributed by atoms with Crippen LogP contribution in [0.25, 0.3) is 0 Å². The largest absolute Gasteiger partial charge is 0.444 e. The lowest BCUT2D eigenvalue weighted by molar-refractivity contribution is -0.260. The van der Waals surface area contributed by atoms with Crippen molar-refractivity contribution < 1.29 is 44.5 Å². The van der Waals surface area contributed by atoms with Crippen LogP contribution in [0.3, 0.4) is 0 Å². The summed E-state index contributed by atoms with van der Waals surface area (Å²) in [6, 6.07) is 0. The lowest BCUT2D eigenvalue weighted by Crippen LogP contribution is -2.52. The number of carbonyl (C=O) groups is 1. The molecule has 0 radical (unpaired) electrons. The summed E-state index contributed by atoms with van der Waals surface area (Å²) in [5, 5.41) is -5.68. The molecule has 1 N–H and O–H groups in total. The van der Waals surface area contributed by atoms with Crippen LogP contribution in [0.4, 0.5) is 22.0 Å². The Bertz CT molecular complexity index is 536. The van der Waals surface area contributed by atoms with E-state index in [4.69, 9.17) is 4.55 Å². The van der Waals surface area contributed by atoms with Gasteiger partial charge in [0.05, 0.1) is 5.92 Å². The molecule has 0 saturated heterocycles. The van der Waals surface area contributed by atoms with E-state index in [1.54, 1.807) is 0 Å². The average molecular weight is 396 g/mol. The van der Waals surface area contributed by atoms with E-state index in [0.717, 1.165) is 32.1 Å². The number of hydrogen-bond acceptors (Lipinski definition) is 4. The van der Waals surface area contributed by atoms with Crippen molar-refractivity contribution in [1.82, 2.24) is 0 Å². The summed E-state index contributed by atoms with van der Waals surface area (Å²) in [5.74, 6) is -2.54. The van der Waals surface area contributed by atoms with Crippen LogP contribution in [0, 0.1) is 5.92 Å². The van der Waals surface area contributed by atoms with Crippen molar-refractivity contribution in [2.45, 2.75) is 75.3 Å². The van der Waals surface area contributed by atoms with E-state index in [1.807, 2.05) is 0 Å². The van der Waals surface area contributed by atoms with Crippen molar-refractivity contribution in [2.75, 3.05) is 0 Å². The molecule has 1 saturated carbocycles. The molecule has 1 unspecified atom stereocenters. The van der Waals surface area contributed by atoms with Crippen LogP contribution in [0.5, 0.6) is 0 Å². The molecule has 1 aliphatic carbocycles. The van der Waals surface area contributed by atoms with E-state index in [0.29, 0.717) is 12.8 Å². The maximum absolute atomic E-state index is 13.4. The third kappa shape index (κ3) is 6.36. The zero-order valence-electron chi connectivity index (χ0n) is 13.4. The van der Waals surface area contributed by atoms with Crippen molar-refractivity contribution >= 4 is 16.1 Å². The molecule has 0 aromatic rings. The first-order valence-corrected chi connectivity index (χ1v) is 9.43. The molecule has 1 rings (SSSR count). The first-order chi connectivity index (χ1) is 11.4. The number of carbonyl (C=O) groups excluding carboxylic acids is 1. The van der Waals surface area contributed by atoms with Gasteiger partial charge in [-0.05, 0) is 12.8 Å². The second kappa shape index (κ2) is 8.61. The fourth-order valence-corrected chi connectivity index (χ4v) is 3.17. The van der Waals surface area contributed by atoms with E-state index in [1.165, 1.54) is 0 Å². The fraction of sp³-hybridized carbons (Fsp3) is 0.929. The van der Waals surface area contributed by atoms with Gasteiger partial charge < -0.3 is 4.74 Å². The molecule has 1 aliphatic rings. The number of hydrogen-bond donors (Lipinski definition) is 1. The molecule has 1 fully saturated rings. The van der Waals surface area contributed by atoms with Crippen LogP contribution in [0.2, 0.25) is 0 Å². The van der Waals surface area contributed by atoms with E-state index >= 15 is 0 Å². The SMILES string of the molecule is O=C(OC(C(F)(F)F)C(F)(F)S(=O)(=O)O)C1CCCCCCCCC1. The minimum Gasteiger partial charge on any atom is -0.444 e. The average Bonchev–Trinajstić information content (AvgIpc) is 2.47. The van der Waals surface area contributed by atoms with Crippen molar-refractivity contribution in [3.63, 3.8) is 0 Å². The molecule has 0 amide bonds. The predicted octanol–water partition coefficient (Wildman–Crippen LogP) is 4.08. The first-order valence-electron chi connectivity index (χ1n) is 7.99. The monoisotopic (exact) mass is 396 g/mol. The summed E-state index contributed by atoms with van der Waals surface area (Å²) in [7, 11) is -6.42. The van der Waals surface area contributed by atoms with Crippen LogP contribution in [-0.2, 0) is 19.6 Å². The third-order valence-corrected chi connectivity index (χ3v) is 5.02. The Morgan fingerprint density at radius 2 is 1.32 bits per heavy atom. The van der Waals surface area contributed by atoms with E-state index in [-0.39, 0.29) is 12.8 Å². The fourth-order valence-electron chi connectivity index (χ4n) is 2.72. The normalized spacial score (nSPS) is 20.7. The van der Waals surface area contributed by atoms with Crippen LogP contribution < -0.4 is 0 Å². The molecule has 0 heterocycles. The van der Waals surface area contributed by atoms with Crippen LogP contribution in [-0.4, -0.2) is 36.5 Å². The molecule has 0 spiro atoms. The predicted molar refractivity (Wildman–Crippen MR) is 77.5 cm³/mol. The number of ether oxygens (including phenoxy) is 1. The van der Waals surface area contributed by atoms with E-state index in [9.17, 15) is 35.2 Å². The number of halogens is 5. The highest BCUT2D eigenvalue weighted by atomic mass is 32.2. The zero-order chi connectivity index (χ0) is 19.3. The minimum atomic E-state index is -6.42. The highest BCUT2D eigenvalue weighted by Gasteiger charge is 2.66. The Kier molecular flexibility index (Phi) is 7.60. The zero-order valence-corrected chi connectivity index (χ0v) is 14.2. The number of esters is 1. The molecule has 1 atom stereocenters. The second-order valence-electron chi connectivity index (χ2n) is 6.14. The Balaban J connectivity index is 2.93. The Hall–Kier alpha value is -0.970. The lowest BCUT2D eigenvalue weighted by Gasteiger charge is -2.28. The lowest BCUT2D eigenvalue weighted by atomic mass is 9.92. The molecule has 0 bridgehead atoms. The maximum atomic E-state index is 13.4. The van der Waals surface area contributed by atoms with Crippen molar-refractivity contribution in [3.8, 4) is 0 Å².